The van der Waals surface area contributed by atoms with Crippen LogP contribution in [0.1, 0.15) is 85.5 Å². The molecule has 4 nitrogen and oxygen atoms in total. The van der Waals surface area contributed by atoms with Crippen LogP contribution in [-0.2, 0) is 19.1 Å². The molecule has 0 aliphatic carbocycles. The summed E-state index contributed by atoms with van der Waals surface area (Å²) in [7, 11) is 0. The lowest BCUT2D eigenvalue weighted by molar-refractivity contribution is -0.172. The minimum absolute atomic E-state index is 0.212. The lowest BCUT2D eigenvalue weighted by atomic mass is 9.79. The van der Waals surface area contributed by atoms with Crippen molar-refractivity contribution in [2.45, 2.75) is 85.5 Å². The molecule has 0 spiro atoms. The number of carbonyl (C=O) groups excluding carboxylic acids is 2. The monoisotopic (exact) mass is 444 g/mol. The number of halogens is 1. The number of allylic oxidation sites excluding steroid dienone is 3. The van der Waals surface area contributed by atoms with E-state index in [2.05, 4.69) is 36.4 Å². The van der Waals surface area contributed by atoms with Crippen LogP contribution < -0.4 is 0 Å². The van der Waals surface area contributed by atoms with Crippen LogP contribution in [0.5, 0.6) is 0 Å². The van der Waals surface area contributed by atoms with Crippen LogP contribution in [0, 0.1) is 5.41 Å². The highest BCUT2D eigenvalue weighted by Crippen LogP contribution is 2.37. The maximum absolute atomic E-state index is 12.7. The van der Waals surface area contributed by atoms with E-state index in [1.54, 1.807) is 19.9 Å². The largest absolute Gasteiger partial charge is 0.465 e. The molecule has 0 radical (unpaired) electrons. The maximum Gasteiger partial charge on any atom is 0.323 e. The summed E-state index contributed by atoms with van der Waals surface area (Å²) in [5.41, 5.74) is 0.0619. The molecule has 0 aliphatic rings. The lowest BCUT2D eigenvalue weighted by Gasteiger charge is -2.28. The number of ether oxygens (including phenoxy) is 2. The van der Waals surface area contributed by atoms with Crippen molar-refractivity contribution < 1.29 is 19.1 Å². The molecular weight excluding hydrogens is 408 g/mol. The predicted molar refractivity (Wildman–Crippen MR) is 115 cm³/mol. The topological polar surface area (TPSA) is 52.6 Å². The van der Waals surface area contributed by atoms with E-state index in [1.807, 2.05) is 0 Å². The Balaban J connectivity index is 5.60. The second kappa shape index (κ2) is 14.9. The Morgan fingerprint density at radius 1 is 0.926 bits per heavy atom. The highest BCUT2D eigenvalue weighted by atomic mass is 79.9. The van der Waals surface area contributed by atoms with Gasteiger partial charge in [0.25, 0.3) is 0 Å². The first kappa shape index (κ1) is 25.9. The summed E-state index contributed by atoms with van der Waals surface area (Å²) < 4.78 is 11.6. The van der Waals surface area contributed by atoms with Gasteiger partial charge in [0.1, 0.15) is 0 Å². The van der Waals surface area contributed by atoms with Gasteiger partial charge in [0, 0.05) is 0 Å². The minimum Gasteiger partial charge on any atom is -0.465 e. The van der Waals surface area contributed by atoms with Gasteiger partial charge in [-0.3, -0.25) is 9.59 Å². The number of esters is 2. The summed E-state index contributed by atoms with van der Waals surface area (Å²) in [6.07, 6.45) is 9.42. The van der Waals surface area contributed by atoms with E-state index < -0.39 is 17.4 Å². The van der Waals surface area contributed by atoms with E-state index in [4.69, 9.17) is 9.47 Å². The number of unbranched alkanes of at least 4 members (excludes halogenated alkanes) is 2. The highest BCUT2D eigenvalue weighted by molar-refractivity contribution is 9.11. The average molecular weight is 445 g/mol. The van der Waals surface area contributed by atoms with Crippen LogP contribution in [0.2, 0.25) is 0 Å². The number of rotatable bonds is 15. The number of carbonyl (C=O) groups is 2. The van der Waals surface area contributed by atoms with Crippen molar-refractivity contribution in [2.24, 2.45) is 5.41 Å². The summed E-state index contributed by atoms with van der Waals surface area (Å²) in [5, 5.41) is 0. The van der Waals surface area contributed by atoms with Gasteiger partial charge in [-0.1, -0.05) is 54.3 Å². The quantitative estimate of drug-likeness (QED) is 0.164. The standard InChI is InChI=1S/C22H37BrO4/c1-6-11-13-18(14-12-7-2)19(23)15-17-22(16-8-3,20(24)26-9-4)21(25)27-10-5/h8H,3,6-7,9-17H2,1-2,4-5H3. The molecule has 0 aromatic rings. The molecular formula is C22H37BrO4. The van der Waals surface area contributed by atoms with Gasteiger partial charge in [0.05, 0.1) is 13.2 Å². The molecule has 0 rings (SSSR count). The molecule has 5 heteroatoms. The molecule has 0 saturated carbocycles. The van der Waals surface area contributed by atoms with Crippen molar-refractivity contribution >= 4 is 27.9 Å². The van der Waals surface area contributed by atoms with Gasteiger partial charge in [0.2, 0.25) is 0 Å². The van der Waals surface area contributed by atoms with Gasteiger partial charge >= 0.3 is 11.9 Å². The second-order valence-corrected chi connectivity index (χ2v) is 7.69. The number of hydrogen-bond donors (Lipinski definition) is 0. The molecule has 0 heterocycles. The summed E-state index contributed by atoms with van der Waals surface area (Å²) in [4.78, 5) is 25.4. The predicted octanol–water partition coefficient (Wildman–Crippen LogP) is 6.48. The molecule has 27 heavy (non-hydrogen) atoms. The maximum atomic E-state index is 12.7. The zero-order chi connectivity index (χ0) is 20.7. The van der Waals surface area contributed by atoms with Crippen LogP contribution in [0.3, 0.4) is 0 Å². The van der Waals surface area contributed by atoms with E-state index in [0.717, 1.165) is 43.0 Å². The number of hydrogen-bond acceptors (Lipinski definition) is 4. The van der Waals surface area contributed by atoms with Gasteiger partial charge in [-0.2, -0.15) is 0 Å². The van der Waals surface area contributed by atoms with Gasteiger partial charge in [-0.05, 0) is 63.3 Å². The van der Waals surface area contributed by atoms with Gasteiger partial charge < -0.3 is 9.47 Å². The van der Waals surface area contributed by atoms with Crippen LogP contribution in [-0.4, -0.2) is 25.2 Å². The van der Waals surface area contributed by atoms with Crippen molar-refractivity contribution in [1.29, 1.82) is 0 Å². The molecule has 0 fully saturated rings. The molecule has 0 atom stereocenters. The van der Waals surface area contributed by atoms with E-state index in [-0.39, 0.29) is 19.6 Å². The van der Waals surface area contributed by atoms with Crippen LogP contribution >= 0.6 is 15.9 Å². The second-order valence-electron chi connectivity index (χ2n) is 6.73. The van der Waals surface area contributed by atoms with Crippen molar-refractivity contribution in [2.75, 3.05) is 13.2 Å². The summed E-state index contributed by atoms with van der Waals surface area (Å²) in [6.45, 7) is 12.0. The molecule has 0 saturated heterocycles. The Morgan fingerprint density at radius 3 is 1.78 bits per heavy atom. The Morgan fingerprint density at radius 2 is 1.41 bits per heavy atom. The Labute approximate surface area is 173 Å². The lowest BCUT2D eigenvalue weighted by Crippen LogP contribution is -2.42. The normalized spacial score (nSPS) is 11.0. The first-order valence-electron chi connectivity index (χ1n) is 10.2. The third-order valence-corrected chi connectivity index (χ3v) is 5.60. The first-order valence-corrected chi connectivity index (χ1v) is 11.0. The van der Waals surface area contributed by atoms with E-state index in [0.29, 0.717) is 12.8 Å². The van der Waals surface area contributed by atoms with Crippen LogP contribution in [0.25, 0.3) is 0 Å². The third kappa shape index (κ3) is 8.63. The van der Waals surface area contributed by atoms with Gasteiger partial charge in [0.15, 0.2) is 5.41 Å². The molecule has 0 N–H and O–H groups in total. The fourth-order valence-corrected chi connectivity index (χ4v) is 3.61. The van der Waals surface area contributed by atoms with E-state index in [1.165, 1.54) is 5.57 Å². The summed E-state index contributed by atoms with van der Waals surface area (Å²) >= 11 is 3.73. The Hall–Kier alpha value is -1.10. The van der Waals surface area contributed by atoms with Crippen molar-refractivity contribution in [3.05, 3.63) is 22.7 Å². The molecule has 0 aromatic carbocycles. The molecule has 156 valence electrons. The van der Waals surface area contributed by atoms with E-state index >= 15 is 0 Å². The molecule has 0 aromatic heterocycles. The highest BCUT2D eigenvalue weighted by Gasteiger charge is 2.47. The molecule has 0 aliphatic heterocycles. The average Bonchev–Trinajstić information content (AvgIpc) is 2.65. The first-order chi connectivity index (χ1) is 12.9. The zero-order valence-electron chi connectivity index (χ0n) is 17.6. The fourth-order valence-electron chi connectivity index (χ4n) is 3.02. The van der Waals surface area contributed by atoms with Crippen molar-refractivity contribution in [3.8, 4) is 0 Å². The van der Waals surface area contributed by atoms with Crippen molar-refractivity contribution in [3.63, 3.8) is 0 Å². The molecule has 0 unspecified atom stereocenters. The van der Waals surface area contributed by atoms with Crippen LogP contribution in [0.4, 0.5) is 0 Å². The van der Waals surface area contributed by atoms with Gasteiger partial charge in [-0.15, -0.1) is 6.58 Å². The van der Waals surface area contributed by atoms with Crippen molar-refractivity contribution in [1.82, 2.24) is 0 Å². The Bertz CT molecular complexity index is 469. The summed E-state index contributed by atoms with van der Waals surface area (Å²) in [6, 6.07) is 0. The minimum atomic E-state index is -1.33. The smallest absolute Gasteiger partial charge is 0.323 e. The van der Waals surface area contributed by atoms with Gasteiger partial charge in [-0.25, -0.2) is 0 Å². The third-order valence-electron chi connectivity index (χ3n) is 4.64. The summed E-state index contributed by atoms with van der Waals surface area (Å²) in [5.74, 6) is -1.04. The Kier molecular flexibility index (Phi) is 14.3. The molecule has 0 amide bonds. The van der Waals surface area contributed by atoms with Crippen LogP contribution in [0.15, 0.2) is 22.7 Å². The SMILES string of the molecule is C=CCC(CCC(Br)=C(CCCC)CCCC)(C(=O)OCC)C(=O)OCC. The fraction of sp³-hybridized carbons (Fsp3) is 0.727. The van der Waals surface area contributed by atoms with E-state index in [9.17, 15) is 9.59 Å². The molecule has 0 bridgehead atoms. The zero-order valence-corrected chi connectivity index (χ0v) is 19.2.